The molecule has 150 valence electrons. The summed E-state index contributed by atoms with van der Waals surface area (Å²) in [5.41, 5.74) is 2.43. The second-order valence-corrected chi connectivity index (χ2v) is 7.40. The quantitative estimate of drug-likeness (QED) is 0.624. The van der Waals surface area contributed by atoms with Gasteiger partial charge in [0.15, 0.2) is 6.61 Å². The maximum absolute atomic E-state index is 12.5. The third-order valence-electron chi connectivity index (χ3n) is 5.34. The van der Waals surface area contributed by atoms with Crippen molar-refractivity contribution in [3.05, 3.63) is 65.9 Å². The Kier molecular flexibility index (Phi) is 5.25. The average Bonchev–Trinajstić information content (AvgIpc) is 3.54. The number of fused-ring (bicyclic) bond motifs is 1. The van der Waals surface area contributed by atoms with Crippen LogP contribution in [0.5, 0.6) is 5.75 Å². The number of ether oxygens (including phenoxy) is 2. The van der Waals surface area contributed by atoms with Crippen LogP contribution in [0.1, 0.15) is 34.8 Å². The van der Waals surface area contributed by atoms with Crippen LogP contribution in [-0.4, -0.2) is 30.2 Å². The lowest BCUT2D eigenvalue weighted by Crippen LogP contribution is -2.33. The Hall–Kier alpha value is -3.28. The van der Waals surface area contributed by atoms with E-state index < -0.39 is 5.97 Å². The summed E-state index contributed by atoms with van der Waals surface area (Å²) in [6.45, 7) is -0.304. The van der Waals surface area contributed by atoms with Crippen molar-refractivity contribution in [2.75, 3.05) is 13.7 Å². The van der Waals surface area contributed by atoms with Crippen molar-refractivity contribution in [3.63, 3.8) is 0 Å². The van der Waals surface area contributed by atoms with Gasteiger partial charge in [0.25, 0.3) is 5.91 Å². The van der Waals surface area contributed by atoms with Crippen LogP contribution in [0.15, 0.2) is 54.7 Å². The molecule has 1 saturated carbocycles. The van der Waals surface area contributed by atoms with Crippen LogP contribution in [0.25, 0.3) is 10.9 Å². The molecule has 0 radical (unpaired) electrons. The SMILES string of the molecule is COc1ccc(C(NC(=O)COC(=O)c2cn(C)c3ccccc23)C2CC2)cc1. The second kappa shape index (κ2) is 7.99. The molecule has 1 amide bonds. The molecule has 1 unspecified atom stereocenters. The Labute approximate surface area is 169 Å². The molecule has 4 rings (SSSR count). The summed E-state index contributed by atoms with van der Waals surface area (Å²) in [4.78, 5) is 25.0. The Morgan fingerprint density at radius 3 is 2.55 bits per heavy atom. The zero-order valence-electron chi connectivity index (χ0n) is 16.6. The molecule has 6 heteroatoms. The number of hydrogen-bond donors (Lipinski definition) is 1. The van der Waals surface area contributed by atoms with E-state index in [4.69, 9.17) is 9.47 Å². The molecular formula is C23H24N2O4. The monoisotopic (exact) mass is 392 g/mol. The van der Waals surface area contributed by atoms with Gasteiger partial charge in [-0.1, -0.05) is 30.3 Å². The molecule has 2 aromatic carbocycles. The molecule has 3 aromatic rings. The average molecular weight is 392 g/mol. The van der Waals surface area contributed by atoms with E-state index in [2.05, 4.69) is 5.32 Å². The van der Waals surface area contributed by atoms with Gasteiger partial charge in [-0.15, -0.1) is 0 Å². The smallest absolute Gasteiger partial charge is 0.340 e. The molecule has 1 atom stereocenters. The van der Waals surface area contributed by atoms with E-state index in [1.807, 2.05) is 60.1 Å². The van der Waals surface area contributed by atoms with Crippen LogP contribution >= 0.6 is 0 Å². The molecule has 1 heterocycles. The predicted molar refractivity (Wildman–Crippen MR) is 110 cm³/mol. The van der Waals surface area contributed by atoms with Crippen LogP contribution in [0.4, 0.5) is 0 Å². The van der Waals surface area contributed by atoms with Crippen molar-refractivity contribution >= 4 is 22.8 Å². The van der Waals surface area contributed by atoms with Gasteiger partial charge in [0, 0.05) is 24.1 Å². The number of methoxy groups -OCH3 is 1. The van der Waals surface area contributed by atoms with E-state index in [1.54, 1.807) is 13.3 Å². The van der Waals surface area contributed by atoms with E-state index in [-0.39, 0.29) is 18.6 Å². The highest BCUT2D eigenvalue weighted by Gasteiger charge is 2.33. The highest BCUT2D eigenvalue weighted by molar-refractivity contribution is 6.04. The largest absolute Gasteiger partial charge is 0.497 e. The van der Waals surface area contributed by atoms with Gasteiger partial charge in [-0.05, 0) is 42.5 Å². The van der Waals surface area contributed by atoms with Gasteiger partial charge in [0.1, 0.15) is 5.75 Å². The molecule has 29 heavy (non-hydrogen) atoms. The Morgan fingerprint density at radius 2 is 1.86 bits per heavy atom. The zero-order valence-corrected chi connectivity index (χ0v) is 16.6. The van der Waals surface area contributed by atoms with Gasteiger partial charge in [-0.25, -0.2) is 4.79 Å². The van der Waals surface area contributed by atoms with E-state index in [9.17, 15) is 9.59 Å². The van der Waals surface area contributed by atoms with Gasteiger partial charge in [0.2, 0.25) is 0 Å². The molecule has 1 N–H and O–H groups in total. The van der Waals surface area contributed by atoms with E-state index in [0.29, 0.717) is 11.5 Å². The predicted octanol–water partition coefficient (Wildman–Crippen LogP) is 3.61. The summed E-state index contributed by atoms with van der Waals surface area (Å²) < 4.78 is 12.4. The van der Waals surface area contributed by atoms with Crippen molar-refractivity contribution in [3.8, 4) is 5.75 Å². The Balaban J connectivity index is 1.40. The minimum atomic E-state index is -0.496. The minimum absolute atomic E-state index is 0.0790. The third kappa shape index (κ3) is 4.11. The molecule has 1 aliphatic carbocycles. The Morgan fingerprint density at radius 1 is 1.14 bits per heavy atom. The first-order valence-electron chi connectivity index (χ1n) is 9.71. The number of rotatable bonds is 7. The number of nitrogens with one attached hydrogen (secondary N) is 1. The summed E-state index contributed by atoms with van der Waals surface area (Å²) in [6, 6.07) is 15.2. The fourth-order valence-electron chi connectivity index (χ4n) is 3.64. The summed E-state index contributed by atoms with van der Waals surface area (Å²) in [5.74, 6) is 0.399. The first-order chi connectivity index (χ1) is 14.1. The van der Waals surface area contributed by atoms with Crippen molar-refractivity contribution in [1.29, 1.82) is 0 Å². The van der Waals surface area contributed by atoms with Gasteiger partial charge >= 0.3 is 5.97 Å². The maximum atomic E-state index is 12.5. The number of amides is 1. The van der Waals surface area contributed by atoms with Gasteiger partial charge in [0.05, 0.1) is 18.7 Å². The molecular weight excluding hydrogens is 368 g/mol. The van der Waals surface area contributed by atoms with Crippen molar-refractivity contribution < 1.29 is 19.1 Å². The normalized spacial score (nSPS) is 14.4. The van der Waals surface area contributed by atoms with E-state index in [0.717, 1.165) is 35.1 Å². The van der Waals surface area contributed by atoms with Crippen LogP contribution in [0.3, 0.4) is 0 Å². The fraction of sp³-hybridized carbons (Fsp3) is 0.304. The number of nitrogens with zero attached hydrogens (tertiary/aromatic N) is 1. The molecule has 1 aliphatic rings. The zero-order chi connectivity index (χ0) is 20.4. The van der Waals surface area contributed by atoms with Crippen LogP contribution in [-0.2, 0) is 16.6 Å². The fourth-order valence-corrected chi connectivity index (χ4v) is 3.64. The summed E-state index contributed by atoms with van der Waals surface area (Å²) in [6.07, 6.45) is 3.88. The summed E-state index contributed by atoms with van der Waals surface area (Å²) in [7, 11) is 3.50. The number of hydrogen-bond acceptors (Lipinski definition) is 4. The van der Waals surface area contributed by atoms with Crippen LogP contribution in [0.2, 0.25) is 0 Å². The van der Waals surface area contributed by atoms with Gasteiger partial charge in [-0.2, -0.15) is 0 Å². The highest BCUT2D eigenvalue weighted by Crippen LogP contribution is 2.41. The second-order valence-electron chi connectivity index (χ2n) is 7.40. The molecule has 0 spiro atoms. The molecule has 6 nitrogen and oxygen atoms in total. The molecule has 1 fully saturated rings. The number of benzene rings is 2. The highest BCUT2D eigenvalue weighted by atomic mass is 16.5. The molecule has 1 aromatic heterocycles. The van der Waals surface area contributed by atoms with Crippen molar-refractivity contribution in [1.82, 2.24) is 9.88 Å². The number of esters is 1. The lowest BCUT2D eigenvalue weighted by Gasteiger charge is -2.19. The number of para-hydroxylation sites is 1. The Bertz CT molecular complexity index is 1030. The van der Waals surface area contributed by atoms with Crippen molar-refractivity contribution in [2.24, 2.45) is 13.0 Å². The first-order valence-corrected chi connectivity index (χ1v) is 9.71. The van der Waals surface area contributed by atoms with Gasteiger partial charge in [-0.3, -0.25) is 4.79 Å². The van der Waals surface area contributed by atoms with Crippen molar-refractivity contribution in [2.45, 2.75) is 18.9 Å². The number of aromatic nitrogens is 1. The molecule has 0 bridgehead atoms. The van der Waals surface area contributed by atoms with Gasteiger partial charge < -0.3 is 19.4 Å². The first kappa shape index (κ1) is 19.1. The topological polar surface area (TPSA) is 69.6 Å². The number of carbonyl (C=O) groups is 2. The lowest BCUT2D eigenvalue weighted by molar-refractivity contribution is -0.125. The molecule has 0 aliphatic heterocycles. The third-order valence-corrected chi connectivity index (χ3v) is 5.34. The summed E-state index contributed by atoms with van der Waals surface area (Å²) >= 11 is 0. The van der Waals surface area contributed by atoms with Crippen LogP contribution < -0.4 is 10.1 Å². The standard InChI is InChI=1S/C23H24N2O4/c1-25-13-19(18-5-3-4-6-20(18)25)23(27)29-14-21(26)24-22(15-7-8-15)16-9-11-17(28-2)12-10-16/h3-6,9-13,15,22H,7-8,14H2,1-2H3,(H,24,26). The number of aryl methyl sites for hydroxylation is 1. The van der Waals surface area contributed by atoms with Crippen LogP contribution in [0, 0.1) is 5.92 Å². The maximum Gasteiger partial charge on any atom is 0.340 e. The lowest BCUT2D eigenvalue weighted by atomic mass is 10.0. The minimum Gasteiger partial charge on any atom is -0.497 e. The molecule has 0 saturated heterocycles. The van der Waals surface area contributed by atoms with E-state index >= 15 is 0 Å². The van der Waals surface area contributed by atoms with E-state index in [1.165, 1.54) is 0 Å². The number of carbonyl (C=O) groups excluding carboxylic acids is 2. The summed E-state index contributed by atoms with van der Waals surface area (Å²) in [5, 5.41) is 3.83.